The van der Waals surface area contributed by atoms with E-state index in [-0.39, 0.29) is 17.8 Å². The van der Waals surface area contributed by atoms with E-state index >= 15 is 0 Å². The van der Waals surface area contributed by atoms with Gasteiger partial charge in [0.05, 0.1) is 23.3 Å². The lowest BCUT2D eigenvalue weighted by Crippen LogP contribution is -2.25. The van der Waals surface area contributed by atoms with Gasteiger partial charge < -0.3 is 5.11 Å². The van der Waals surface area contributed by atoms with Crippen LogP contribution in [0.1, 0.15) is 11.7 Å². The van der Waals surface area contributed by atoms with Gasteiger partial charge in [-0.2, -0.15) is 5.10 Å². The standard InChI is InChI=1S/C18H15N3O4/c22-17(13-5-2-1-3-6-13)12-20-18(23)10-9-16(19-20)14-7-4-8-15(11-14)21(24)25/h1-11,17,22H,12H2. The molecule has 3 aromatic rings. The second kappa shape index (κ2) is 7.06. The molecule has 0 aliphatic carbocycles. The van der Waals surface area contributed by atoms with E-state index in [0.717, 1.165) is 4.68 Å². The van der Waals surface area contributed by atoms with E-state index < -0.39 is 11.0 Å². The number of hydrogen-bond acceptors (Lipinski definition) is 5. The highest BCUT2D eigenvalue weighted by atomic mass is 16.6. The summed E-state index contributed by atoms with van der Waals surface area (Å²) in [5.74, 6) is 0. The SMILES string of the molecule is O=c1ccc(-c2cccc([N+](=O)[O-])c2)nn1CC(O)c1ccccc1. The smallest absolute Gasteiger partial charge is 0.270 e. The Hall–Kier alpha value is -3.32. The molecule has 0 saturated heterocycles. The number of non-ortho nitro benzene ring substituents is 1. The van der Waals surface area contributed by atoms with Crippen LogP contribution in [0.4, 0.5) is 5.69 Å². The first kappa shape index (κ1) is 16.5. The zero-order valence-electron chi connectivity index (χ0n) is 13.1. The molecule has 2 aromatic carbocycles. The minimum atomic E-state index is -0.883. The van der Waals surface area contributed by atoms with Crippen molar-refractivity contribution in [3.8, 4) is 11.3 Å². The summed E-state index contributed by atoms with van der Waals surface area (Å²) in [4.78, 5) is 22.4. The van der Waals surface area contributed by atoms with Gasteiger partial charge in [-0.15, -0.1) is 0 Å². The predicted molar refractivity (Wildman–Crippen MR) is 92.0 cm³/mol. The molecule has 1 atom stereocenters. The average Bonchev–Trinajstić information content (AvgIpc) is 2.64. The van der Waals surface area contributed by atoms with Crippen molar-refractivity contribution in [1.82, 2.24) is 9.78 Å². The molecular formula is C18H15N3O4. The molecule has 0 aliphatic heterocycles. The Morgan fingerprint density at radius 3 is 2.56 bits per heavy atom. The number of aromatic nitrogens is 2. The first-order valence-corrected chi connectivity index (χ1v) is 7.60. The monoisotopic (exact) mass is 337 g/mol. The molecule has 126 valence electrons. The highest BCUT2D eigenvalue weighted by Gasteiger charge is 2.12. The Balaban J connectivity index is 1.92. The number of benzene rings is 2. The Labute approximate surface area is 143 Å². The lowest BCUT2D eigenvalue weighted by atomic mass is 10.1. The zero-order valence-corrected chi connectivity index (χ0v) is 13.1. The molecule has 1 aromatic heterocycles. The number of aliphatic hydroxyl groups is 1. The lowest BCUT2D eigenvalue weighted by molar-refractivity contribution is -0.384. The molecule has 1 N–H and O–H groups in total. The normalized spacial score (nSPS) is 11.9. The summed E-state index contributed by atoms with van der Waals surface area (Å²) in [5.41, 5.74) is 1.21. The zero-order chi connectivity index (χ0) is 17.8. The van der Waals surface area contributed by atoms with Gasteiger partial charge >= 0.3 is 0 Å². The van der Waals surface area contributed by atoms with Crippen molar-refractivity contribution in [2.24, 2.45) is 0 Å². The molecule has 1 heterocycles. The summed E-state index contributed by atoms with van der Waals surface area (Å²) >= 11 is 0. The van der Waals surface area contributed by atoms with Gasteiger partial charge in [0.2, 0.25) is 0 Å². The van der Waals surface area contributed by atoms with E-state index in [0.29, 0.717) is 16.8 Å². The second-order valence-electron chi connectivity index (χ2n) is 5.47. The number of nitro groups is 1. The summed E-state index contributed by atoms with van der Waals surface area (Å²) in [6.45, 7) is -0.00832. The fourth-order valence-electron chi connectivity index (χ4n) is 2.46. The van der Waals surface area contributed by atoms with Gasteiger partial charge in [-0.1, -0.05) is 42.5 Å². The van der Waals surface area contributed by atoms with Crippen LogP contribution in [-0.4, -0.2) is 19.8 Å². The maximum absolute atomic E-state index is 12.0. The van der Waals surface area contributed by atoms with Gasteiger partial charge in [0.25, 0.3) is 11.2 Å². The number of aliphatic hydroxyl groups excluding tert-OH is 1. The Kier molecular flexibility index (Phi) is 4.67. The maximum atomic E-state index is 12.0. The van der Waals surface area contributed by atoms with Crippen LogP contribution in [0.15, 0.2) is 71.5 Å². The molecule has 0 spiro atoms. The fraction of sp³-hybridized carbons (Fsp3) is 0.111. The van der Waals surface area contributed by atoms with Gasteiger partial charge in [0, 0.05) is 23.8 Å². The summed E-state index contributed by atoms with van der Waals surface area (Å²) in [6.07, 6.45) is -0.883. The second-order valence-corrected chi connectivity index (χ2v) is 5.47. The molecule has 25 heavy (non-hydrogen) atoms. The maximum Gasteiger partial charge on any atom is 0.270 e. The van der Waals surface area contributed by atoms with Crippen molar-refractivity contribution < 1.29 is 10.0 Å². The van der Waals surface area contributed by atoms with Crippen molar-refractivity contribution in [1.29, 1.82) is 0 Å². The van der Waals surface area contributed by atoms with Crippen molar-refractivity contribution >= 4 is 5.69 Å². The van der Waals surface area contributed by atoms with Crippen LogP contribution < -0.4 is 5.56 Å². The van der Waals surface area contributed by atoms with E-state index in [1.165, 1.54) is 24.3 Å². The number of rotatable bonds is 5. The fourth-order valence-corrected chi connectivity index (χ4v) is 2.46. The summed E-state index contributed by atoms with van der Waals surface area (Å²) in [7, 11) is 0. The third-order valence-corrected chi connectivity index (χ3v) is 3.75. The van der Waals surface area contributed by atoms with Crippen LogP contribution in [0.5, 0.6) is 0 Å². The van der Waals surface area contributed by atoms with Crippen molar-refractivity contribution in [2.75, 3.05) is 0 Å². The third-order valence-electron chi connectivity index (χ3n) is 3.75. The van der Waals surface area contributed by atoms with Gasteiger partial charge in [-0.3, -0.25) is 14.9 Å². The molecular weight excluding hydrogens is 322 g/mol. The van der Waals surface area contributed by atoms with Gasteiger partial charge in [0.15, 0.2) is 0 Å². The van der Waals surface area contributed by atoms with Crippen LogP contribution in [0.3, 0.4) is 0 Å². The Morgan fingerprint density at radius 2 is 1.84 bits per heavy atom. The quantitative estimate of drug-likeness (QED) is 0.570. The number of hydrogen-bond donors (Lipinski definition) is 1. The van der Waals surface area contributed by atoms with E-state index in [9.17, 15) is 20.0 Å². The molecule has 1 unspecified atom stereocenters. The van der Waals surface area contributed by atoms with Crippen LogP contribution in [0.25, 0.3) is 11.3 Å². The number of nitro benzene ring substituents is 1. The van der Waals surface area contributed by atoms with E-state index in [4.69, 9.17) is 0 Å². The van der Waals surface area contributed by atoms with E-state index in [1.54, 1.807) is 36.4 Å². The van der Waals surface area contributed by atoms with Gasteiger partial charge in [0.1, 0.15) is 0 Å². The molecule has 0 amide bonds. The molecule has 7 heteroatoms. The van der Waals surface area contributed by atoms with E-state index in [1.807, 2.05) is 6.07 Å². The first-order chi connectivity index (χ1) is 12.0. The summed E-state index contributed by atoms with van der Waals surface area (Å²) < 4.78 is 1.16. The molecule has 0 radical (unpaired) electrons. The highest BCUT2D eigenvalue weighted by Crippen LogP contribution is 2.21. The largest absolute Gasteiger partial charge is 0.386 e. The molecule has 3 rings (SSSR count). The van der Waals surface area contributed by atoms with Crippen molar-refractivity contribution in [3.05, 3.63) is 92.8 Å². The third kappa shape index (κ3) is 3.78. The minimum absolute atomic E-state index is 0.00832. The van der Waals surface area contributed by atoms with Crippen LogP contribution in [0, 0.1) is 10.1 Å². The topological polar surface area (TPSA) is 98.3 Å². The Bertz CT molecular complexity index is 954. The molecule has 7 nitrogen and oxygen atoms in total. The summed E-state index contributed by atoms with van der Waals surface area (Å²) in [6, 6.07) is 17.8. The summed E-state index contributed by atoms with van der Waals surface area (Å²) in [5, 5.41) is 25.4. The number of nitrogens with zero attached hydrogens (tertiary/aromatic N) is 3. The molecule has 0 saturated carbocycles. The van der Waals surface area contributed by atoms with Gasteiger partial charge in [-0.05, 0) is 11.6 Å². The van der Waals surface area contributed by atoms with Crippen LogP contribution >= 0.6 is 0 Å². The van der Waals surface area contributed by atoms with Crippen LogP contribution in [-0.2, 0) is 6.54 Å². The average molecular weight is 337 g/mol. The lowest BCUT2D eigenvalue weighted by Gasteiger charge is -2.13. The van der Waals surface area contributed by atoms with Crippen molar-refractivity contribution in [3.63, 3.8) is 0 Å². The minimum Gasteiger partial charge on any atom is -0.386 e. The van der Waals surface area contributed by atoms with Crippen molar-refractivity contribution in [2.45, 2.75) is 12.6 Å². The molecule has 0 fully saturated rings. The predicted octanol–water partition coefficient (Wildman–Crippen LogP) is 2.55. The van der Waals surface area contributed by atoms with E-state index in [2.05, 4.69) is 5.10 Å². The van der Waals surface area contributed by atoms with Crippen LogP contribution in [0.2, 0.25) is 0 Å². The Morgan fingerprint density at radius 1 is 1.08 bits per heavy atom. The molecule has 0 aliphatic rings. The highest BCUT2D eigenvalue weighted by molar-refractivity contribution is 5.61. The first-order valence-electron chi connectivity index (χ1n) is 7.60. The molecule has 0 bridgehead atoms. The van der Waals surface area contributed by atoms with Gasteiger partial charge in [-0.25, -0.2) is 4.68 Å².